The molecule has 5 nitrogen and oxygen atoms in total. The standard InChI is InChI=1S/C10H19NO4S/c1-7(2)9(10(12)13)11-16(14,15)6-8-4-3-5-8/h7-9,11H,3-6H2,1-2H3,(H,12,13)/t9-/m1/s1. The third-order valence-electron chi connectivity index (χ3n) is 2.92. The van der Waals surface area contributed by atoms with E-state index in [1.54, 1.807) is 13.8 Å². The lowest BCUT2D eigenvalue weighted by atomic mass is 9.87. The lowest BCUT2D eigenvalue weighted by molar-refractivity contribution is -0.140. The van der Waals surface area contributed by atoms with E-state index >= 15 is 0 Å². The molecule has 94 valence electrons. The largest absolute Gasteiger partial charge is 0.480 e. The quantitative estimate of drug-likeness (QED) is 0.730. The predicted octanol–water partition coefficient (Wildman–Crippen LogP) is 0.815. The zero-order chi connectivity index (χ0) is 12.3. The molecule has 6 heteroatoms. The van der Waals surface area contributed by atoms with Gasteiger partial charge in [-0.1, -0.05) is 20.3 Å². The highest BCUT2D eigenvalue weighted by Gasteiger charge is 2.30. The second kappa shape index (κ2) is 5.14. The first-order valence-corrected chi connectivity index (χ1v) is 7.20. The van der Waals surface area contributed by atoms with E-state index in [0.29, 0.717) is 0 Å². The first-order chi connectivity index (χ1) is 7.32. The van der Waals surface area contributed by atoms with Crippen LogP contribution in [0.25, 0.3) is 0 Å². The number of carbonyl (C=O) groups is 1. The zero-order valence-corrected chi connectivity index (χ0v) is 10.5. The van der Waals surface area contributed by atoms with Crippen LogP contribution >= 0.6 is 0 Å². The van der Waals surface area contributed by atoms with Gasteiger partial charge in [-0.3, -0.25) is 4.79 Å². The number of carboxylic acid groups (broad SMARTS) is 1. The second-order valence-corrected chi connectivity index (χ2v) is 6.55. The van der Waals surface area contributed by atoms with E-state index in [1.807, 2.05) is 0 Å². The molecule has 0 saturated heterocycles. The molecule has 0 heterocycles. The van der Waals surface area contributed by atoms with Gasteiger partial charge in [0.1, 0.15) is 6.04 Å². The fourth-order valence-corrected chi connectivity index (χ4v) is 3.49. The van der Waals surface area contributed by atoms with Crippen molar-refractivity contribution in [3.8, 4) is 0 Å². The van der Waals surface area contributed by atoms with Crippen LogP contribution in [0.15, 0.2) is 0 Å². The Labute approximate surface area is 96.3 Å². The molecule has 16 heavy (non-hydrogen) atoms. The molecular formula is C10H19NO4S. The van der Waals surface area contributed by atoms with Crippen LogP contribution in [0.3, 0.4) is 0 Å². The summed E-state index contributed by atoms with van der Waals surface area (Å²) in [6.07, 6.45) is 2.94. The van der Waals surface area contributed by atoms with E-state index < -0.39 is 22.0 Å². The van der Waals surface area contributed by atoms with Crippen LogP contribution in [0.5, 0.6) is 0 Å². The second-order valence-electron chi connectivity index (χ2n) is 4.76. The summed E-state index contributed by atoms with van der Waals surface area (Å²) >= 11 is 0. The summed E-state index contributed by atoms with van der Waals surface area (Å²) in [5.74, 6) is -1.11. The molecule has 1 aliphatic carbocycles. The Morgan fingerprint density at radius 1 is 1.44 bits per heavy atom. The monoisotopic (exact) mass is 249 g/mol. The fourth-order valence-electron chi connectivity index (χ4n) is 1.68. The highest BCUT2D eigenvalue weighted by molar-refractivity contribution is 7.89. The van der Waals surface area contributed by atoms with Gasteiger partial charge in [-0.05, 0) is 24.7 Å². The molecule has 0 aliphatic heterocycles. The maximum absolute atomic E-state index is 11.7. The van der Waals surface area contributed by atoms with Gasteiger partial charge in [-0.15, -0.1) is 0 Å². The molecule has 1 fully saturated rings. The van der Waals surface area contributed by atoms with Crippen LogP contribution in [0.4, 0.5) is 0 Å². The summed E-state index contributed by atoms with van der Waals surface area (Å²) in [5, 5.41) is 8.89. The molecule has 0 radical (unpaired) electrons. The third kappa shape index (κ3) is 3.75. The van der Waals surface area contributed by atoms with Gasteiger partial charge in [0, 0.05) is 0 Å². The van der Waals surface area contributed by atoms with Gasteiger partial charge in [0.2, 0.25) is 10.0 Å². The maximum Gasteiger partial charge on any atom is 0.321 e. The van der Waals surface area contributed by atoms with Crippen LogP contribution in [-0.2, 0) is 14.8 Å². The number of rotatable bonds is 6. The van der Waals surface area contributed by atoms with Crippen LogP contribution in [0.2, 0.25) is 0 Å². The molecule has 1 rings (SSSR count). The molecule has 0 amide bonds. The van der Waals surface area contributed by atoms with Crippen molar-refractivity contribution in [2.24, 2.45) is 11.8 Å². The van der Waals surface area contributed by atoms with Crippen molar-refractivity contribution in [2.45, 2.75) is 39.2 Å². The Balaban J connectivity index is 2.58. The van der Waals surface area contributed by atoms with Crippen LogP contribution in [-0.4, -0.2) is 31.3 Å². The zero-order valence-electron chi connectivity index (χ0n) is 9.64. The maximum atomic E-state index is 11.7. The Morgan fingerprint density at radius 3 is 2.31 bits per heavy atom. The minimum absolute atomic E-state index is 0.0590. The molecule has 0 aromatic carbocycles. The van der Waals surface area contributed by atoms with Crippen molar-refractivity contribution in [1.29, 1.82) is 0 Å². The van der Waals surface area contributed by atoms with Gasteiger partial charge in [0.15, 0.2) is 0 Å². The molecule has 0 unspecified atom stereocenters. The Bertz CT molecular complexity index is 346. The van der Waals surface area contributed by atoms with Crippen molar-refractivity contribution >= 4 is 16.0 Å². The van der Waals surface area contributed by atoms with Gasteiger partial charge in [0.05, 0.1) is 5.75 Å². The molecule has 0 spiro atoms. The third-order valence-corrected chi connectivity index (χ3v) is 4.44. The van der Waals surface area contributed by atoms with E-state index in [9.17, 15) is 13.2 Å². The normalized spacial score (nSPS) is 19.4. The van der Waals surface area contributed by atoms with E-state index in [1.165, 1.54) is 0 Å². The van der Waals surface area contributed by atoms with Crippen molar-refractivity contribution < 1.29 is 18.3 Å². The number of carboxylic acids is 1. The van der Waals surface area contributed by atoms with Gasteiger partial charge in [0.25, 0.3) is 0 Å². The average molecular weight is 249 g/mol. The number of sulfonamides is 1. The molecule has 1 atom stereocenters. The Morgan fingerprint density at radius 2 is 2.00 bits per heavy atom. The Kier molecular flexibility index (Phi) is 4.32. The summed E-state index contributed by atoms with van der Waals surface area (Å²) in [6.45, 7) is 3.37. The smallest absolute Gasteiger partial charge is 0.321 e. The van der Waals surface area contributed by atoms with Gasteiger partial charge in [-0.25, -0.2) is 13.1 Å². The minimum atomic E-state index is -3.46. The molecule has 0 aromatic heterocycles. The Hall–Kier alpha value is -0.620. The molecular weight excluding hydrogens is 230 g/mol. The molecule has 1 saturated carbocycles. The average Bonchev–Trinajstić information content (AvgIpc) is 2.07. The summed E-state index contributed by atoms with van der Waals surface area (Å²) < 4.78 is 25.6. The lowest BCUT2D eigenvalue weighted by Gasteiger charge is -2.26. The highest BCUT2D eigenvalue weighted by atomic mass is 32.2. The van der Waals surface area contributed by atoms with E-state index in [4.69, 9.17) is 5.11 Å². The van der Waals surface area contributed by atoms with Crippen molar-refractivity contribution in [2.75, 3.05) is 5.75 Å². The predicted molar refractivity (Wildman–Crippen MR) is 60.5 cm³/mol. The van der Waals surface area contributed by atoms with Gasteiger partial charge < -0.3 is 5.11 Å². The number of hydrogen-bond acceptors (Lipinski definition) is 3. The molecule has 1 aliphatic rings. The van der Waals surface area contributed by atoms with Crippen LogP contribution in [0.1, 0.15) is 33.1 Å². The lowest BCUT2D eigenvalue weighted by Crippen LogP contribution is -2.46. The summed E-state index contributed by atoms with van der Waals surface area (Å²) in [6, 6.07) is -1.02. The number of nitrogens with one attached hydrogen (secondary N) is 1. The first-order valence-electron chi connectivity index (χ1n) is 5.54. The molecule has 2 N–H and O–H groups in total. The SMILES string of the molecule is CC(C)[C@@H](NS(=O)(=O)CC1CCC1)C(=O)O. The number of aliphatic carboxylic acids is 1. The van der Waals surface area contributed by atoms with Crippen molar-refractivity contribution in [3.63, 3.8) is 0 Å². The highest BCUT2D eigenvalue weighted by Crippen LogP contribution is 2.27. The summed E-state index contributed by atoms with van der Waals surface area (Å²) in [7, 11) is -3.46. The van der Waals surface area contributed by atoms with Crippen LogP contribution in [0, 0.1) is 11.8 Å². The first kappa shape index (κ1) is 13.4. The van der Waals surface area contributed by atoms with Crippen molar-refractivity contribution in [3.05, 3.63) is 0 Å². The number of hydrogen-bond donors (Lipinski definition) is 2. The van der Waals surface area contributed by atoms with E-state index in [0.717, 1.165) is 19.3 Å². The summed E-state index contributed by atoms with van der Waals surface area (Å²) in [4.78, 5) is 10.9. The van der Waals surface area contributed by atoms with Crippen LogP contribution < -0.4 is 4.72 Å². The van der Waals surface area contributed by atoms with E-state index in [-0.39, 0.29) is 17.6 Å². The van der Waals surface area contributed by atoms with Gasteiger partial charge in [-0.2, -0.15) is 0 Å². The topological polar surface area (TPSA) is 83.5 Å². The van der Waals surface area contributed by atoms with Gasteiger partial charge >= 0.3 is 5.97 Å². The van der Waals surface area contributed by atoms with E-state index in [2.05, 4.69) is 4.72 Å². The summed E-state index contributed by atoms with van der Waals surface area (Å²) in [5.41, 5.74) is 0. The molecule has 0 bridgehead atoms. The minimum Gasteiger partial charge on any atom is -0.480 e. The fraction of sp³-hybridized carbons (Fsp3) is 0.900. The molecule has 0 aromatic rings. The van der Waals surface area contributed by atoms with Crippen molar-refractivity contribution in [1.82, 2.24) is 4.72 Å².